The number of benzene rings is 2. The number of rotatable bonds is 5. The molecule has 0 unspecified atom stereocenters. The number of fused-ring (bicyclic) bond motifs is 1. The van der Waals surface area contributed by atoms with Crippen molar-refractivity contribution in [1.82, 2.24) is 19.9 Å². The molecule has 0 aliphatic carbocycles. The molecule has 0 amide bonds. The van der Waals surface area contributed by atoms with Crippen LogP contribution >= 0.6 is 23.1 Å². The summed E-state index contributed by atoms with van der Waals surface area (Å²) in [6.45, 7) is 1.91. The molecule has 9 heteroatoms. The zero-order valence-corrected chi connectivity index (χ0v) is 18.1. The van der Waals surface area contributed by atoms with E-state index in [0.717, 1.165) is 21.4 Å². The van der Waals surface area contributed by atoms with Crippen LogP contribution in [-0.4, -0.2) is 19.9 Å². The number of aromatic nitrogens is 4. The van der Waals surface area contributed by atoms with Crippen LogP contribution in [0.4, 0.5) is 0 Å². The van der Waals surface area contributed by atoms with E-state index in [1.165, 1.54) is 23.1 Å². The molecular formula is C22H17N5O2S2. The number of nitrogen functional groups attached to an aromatic ring is 1. The normalized spacial score (nSPS) is 12.3. The number of nitrogens with two attached hydrogens (primary N) is 1. The molecule has 0 aliphatic heterocycles. The van der Waals surface area contributed by atoms with E-state index in [2.05, 4.69) is 15.2 Å². The fourth-order valence-electron chi connectivity index (χ4n) is 3.20. The van der Waals surface area contributed by atoms with Crippen LogP contribution in [0.15, 0.2) is 80.4 Å². The Bertz CT molecular complexity index is 1410. The molecule has 1 atom stereocenters. The van der Waals surface area contributed by atoms with Crippen molar-refractivity contribution in [2.45, 2.75) is 17.3 Å². The van der Waals surface area contributed by atoms with Crippen LogP contribution in [0.5, 0.6) is 0 Å². The highest BCUT2D eigenvalue weighted by molar-refractivity contribution is 7.99. The number of nitrogens with zero attached hydrogens (tertiary/aromatic N) is 4. The molecule has 0 saturated carbocycles. The van der Waals surface area contributed by atoms with Crippen LogP contribution in [0.3, 0.4) is 0 Å². The number of thiophene rings is 1. The van der Waals surface area contributed by atoms with Gasteiger partial charge < -0.3 is 10.3 Å². The smallest absolute Gasteiger partial charge is 0.282 e. The lowest BCUT2D eigenvalue weighted by molar-refractivity contribution is 0.508. The van der Waals surface area contributed by atoms with Gasteiger partial charge >= 0.3 is 0 Å². The molecule has 7 nitrogen and oxygen atoms in total. The highest BCUT2D eigenvalue weighted by atomic mass is 32.2. The lowest BCUT2D eigenvalue weighted by Gasteiger charge is -2.10. The van der Waals surface area contributed by atoms with Crippen molar-refractivity contribution in [1.29, 1.82) is 0 Å². The van der Waals surface area contributed by atoms with Crippen molar-refractivity contribution in [3.8, 4) is 22.6 Å². The monoisotopic (exact) mass is 447 g/mol. The molecule has 0 saturated heterocycles. The Balaban J connectivity index is 1.47. The van der Waals surface area contributed by atoms with Gasteiger partial charge in [0.2, 0.25) is 11.8 Å². The van der Waals surface area contributed by atoms with E-state index in [4.69, 9.17) is 10.3 Å². The SMILES string of the molecule is C[C@@H](Sc1nc2scc(-c3ccccc3)c2c(=O)n1N)c1nnc(-c2ccccc2)o1. The third-order valence-electron chi connectivity index (χ3n) is 4.78. The standard InChI is InChI=1S/C22H17N5O2S2/c1-13(18-25-26-19(29-18)15-10-6-3-7-11-15)31-22-24-20-17(21(28)27(22)23)16(12-30-20)14-8-4-2-5-9-14/h2-13H,23H2,1H3/t13-/m1/s1. The van der Waals surface area contributed by atoms with Crippen molar-refractivity contribution < 1.29 is 4.42 Å². The Morgan fingerprint density at radius 1 is 1.03 bits per heavy atom. The zero-order valence-electron chi connectivity index (χ0n) is 16.4. The van der Waals surface area contributed by atoms with Gasteiger partial charge in [-0.25, -0.2) is 9.66 Å². The van der Waals surface area contributed by atoms with E-state index < -0.39 is 0 Å². The molecule has 0 spiro atoms. The first kappa shape index (κ1) is 19.5. The molecule has 0 aliphatic rings. The second-order valence-electron chi connectivity index (χ2n) is 6.84. The van der Waals surface area contributed by atoms with Gasteiger partial charge in [-0.15, -0.1) is 21.5 Å². The third-order valence-corrected chi connectivity index (χ3v) is 6.71. The van der Waals surface area contributed by atoms with E-state index >= 15 is 0 Å². The molecule has 31 heavy (non-hydrogen) atoms. The van der Waals surface area contributed by atoms with Gasteiger partial charge in [0.1, 0.15) is 4.83 Å². The van der Waals surface area contributed by atoms with Crippen LogP contribution in [0.1, 0.15) is 18.1 Å². The molecule has 5 rings (SSSR count). The van der Waals surface area contributed by atoms with E-state index in [-0.39, 0.29) is 10.8 Å². The van der Waals surface area contributed by atoms with Gasteiger partial charge in [0.05, 0.1) is 10.6 Å². The maximum Gasteiger partial charge on any atom is 0.282 e. The molecule has 0 fully saturated rings. The zero-order chi connectivity index (χ0) is 21.4. The first-order valence-electron chi connectivity index (χ1n) is 9.52. The summed E-state index contributed by atoms with van der Waals surface area (Å²) >= 11 is 2.73. The molecule has 154 valence electrons. The number of hydrogen-bond donors (Lipinski definition) is 1. The Hall–Kier alpha value is -3.43. The molecule has 3 aromatic heterocycles. The van der Waals surface area contributed by atoms with Crippen LogP contribution < -0.4 is 11.4 Å². The van der Waals surface area contributed by atoms with E-state index in [9.17, 15) is 4.79 Å². The Morgan fingerprint density at radius 2 is 1.71 bits per heavy atom. The highest BCUT2D eigenvalue weighted by Crippen LogP contribution is 2.36. The average Bonchev–Trinajstić information content (AvgIpc) is 3.46. The largest absolute Gasteiger partial charge is 0.419 e. The maximum absolute atomic E-state index is 13.1. The third kappa shape index (κ3) is 3.62. The Labute approximate surface area is 185 Å². The van der Waals surface area contributed by atoms with Crippen LogP contribution in [0.2, 0.25) is 0 Å². The molecule has 0 bridgehead atoms. The Morgan fingerprint density at radius 3 is 2.42 bits per heavy atom. The summed E-state index contributed by atoms with van der Waals surface area (Å²) in [6, 6.07) is 19.3. The summed E-state index contributed by atoms with van der Waals surface area (Å²) in [5, 5.41) is 10.9. The van der Waals surface area contributed by atoms with E-state index in [0.29, 0.717) is 27.2 Å². The van der Waals surface area contributed by atoms with Gasteiger partial charge in [-0.3, -0.25) is 4.79 Å². The minimum Gasteiger partial charge on any atom is -0.419 e. The number of hydrogen-bond acceptors (Lipinski definition) is 8. The molecule has 3 heterocycles. The van der Waals surface area contributed by atoms with Crippen LogP contribution in [0, 0.1) is 0 Å². The summed E-state index contributed by atoms with van der Waals surface area (Å²) in [6.07, 6.45) is 0. The summed E-state index contributed by atoms with van der Waals surface area (Å²) in [5.74, 6) is 7.02. The Kier molecular flexibility index (Phi) is 5.05. The lowest BCUT2D eigenvalue weighted by Crippen LogP contribution is -2.29. The minimum atomic E-state index is -0.282. The quantitative estimate of drug-likeness (QED) is 0.236. The van der Waals surface area contributed by atoms with Crippen LogP contribution in [-0.2, 0) is 0 Å². The van der Waals surface area contributed by atoms with Gasteiger partial charge in [-0.05, 0) is 24.6 Å². The van der Waals surface area contributed by atoms with Crippen molar-refractivity contribution in [2.75, 3.05) is 5.84 Å². The second-order valence-corrected chi connectivity index (χ2v) is 9.00. The molecule has 2 aromatic carbocycles. The van der Waals surface area contributed by atoms with Crippen molar-refractivity contribution in [3.05, 3.63) is 82.3 Å². The number of thioether (sulfide) groups is 1. The molecule has 2 N–H and O–H groups in total. The predicted molar refractivity (Wildman–Crippen MR) is 123 cm³/mol. The lowest BCUT2D eigenvalue weighted by atomic mass is 10.1. The van der Waals surface area contributed by atoms with Gasteiger partial charge in [0.15, 0.2) is 5.16 Å². The molecule has 0 radical (unpaired) electrons. The minimum absolute atomic E-state index is 0.238. The van der Waals surface area contributed by atoms with Gasteiger partial charge in [0.25, 0.3) is 5.56 Å². The summed E-state index contributed by atoms with van der Waals surface area (Å²) in [5.41, 5.74) is 2.36. The second kappa shape index (κ2) is 8.01. The summed E-state index contributed by atoms with van der Waals surface area (Å²) < 4.78 is 6.92. The van der Waals surface area contributed by atoms with Crippen molar-refractivity contribution in [2.24, 2.45) is 0 Å². The highest BCUT2D eigenvalue weighted by Gasteiger charge is 2.21. The summed E-state index contributed by atoms with van der Waals surface area (Å²) in [4.78, 5) is 18.3. The summed E-state index contributed by atoms with van der Waals surface area (Å²) in [7, 11) is 0. The maximum atomic E-state index is 13.1. The van der Waals surface area contributed by atoms with Gasteiger partial charge in [0, 0.05) is 16.5 Å². The first-order chi connectivity index (χ1) is 15.1. The van der Waals surface area contributed by atoms with Gasteiger partial charge in [-0.2, -0.15) is 0 Å². The van der Waals surface area contributed by atoms with E-state index in [1.807, 2.05) is 73.0 Å². The molecule has 5 aromatic rings. The first-order valence-corrected chi connectivity index (χ1v) is 11.3. The van der Waals surface area contributed by atoms with Crippen molar-refractivity contribution in [3.63, 3.8) is 0 Å². The van der Waals surface area contributed by atoms with Gasteiger partial charge in [-0.1, -0.05) is 60.3 Å². The molecular weight excluding hydrogens is 430 g/mol. The van der Waals surface area contributed by atoms with Crippen LogP contribution in [0.25, 0.3) is 32.8 Å². The fraction of sp³-hybridized carbons (Fsp3) is 0.0909. The topological polar surface area (TPSA) is 99.8 Å². The predicted octanol–water partition coefficient (Wildman–Crippen LogP) is 4.74. The van der Waals surface area contributed by atoms with E-state index in [1.54, 1.807) is 0 Å². The average molecular weight is 448 g/mol. The van der Waals surface area contributed by atoms with Crippen molar-refractivity contribution >= 4 is 33.3 Å². The fourth-order valence-corrected chi connectivity index (χ4v) is 5.05.